The van der Waals surface area contributed by atoms with Gasteiger partial charge in [0.2, 0.25) is 11.8 Å². The van der Waals surface area contributed by atoms with E-state index in [0.29, 0.717) is 0 Å². The number of hydrogen-bond acceptors (Lipinski definition) is 61. The third-order valence-corrected chi connectivity index (χ3v) is 25.9. The Bertz CT molecular complexity index is 3730. The standard InChI is InChI=1S/C76H128N2O61/c1-15(89)77-29-41(101)56(25(11-87)119-65(29)116)131-66-30(78-16(2)90)42(102)57(26(12-88)128-66)132-74-55(115)62(137-75-64(47(107)35(95)20(6-82)126-75)139-76-63(46(106)34(94)21(7-83)127-76)138-73-54(114)60(38(98)24(10-86)125-73)135-71-50(110)45(105)33(93)19(5-81)123-71)40(100)28(130-74)14-118-68-52(112)61(136-72-53(113)59(37(97)23(9-85)124-72)134-70-49(109)44(104)32(92)18(4-80)122-70)39(99)27(129-68)13-117-67-51(111)58(36(96)22(8-84)120-67)133-69-48(108)43(103)31(91)17(3-79)121-69/h17-76,79-88,91-116H,3-14H2,1-2H3,(H,77,89)(H,78,90)/t17-,18-,19-,20-,21-,22-,23-,24-,25-,26-,27-,28-,29-,30-,31-,32-,33-,34-,35-,36-,37-,38-,39-,40-,41-,42-,43+,44+,45+,46+,47+,48+,49+,50-,51+,52+,53+,54+,55+,56-,57-,58+,59+,60+,61+,62+,63+,64+,65-,66+,67+,68+,69-,70-,71-,72-,73-,74+,75-,76-/m1/s1. The van der Waals surface area contributed by atoms with Crippen LogP contribution in [0.25, 0.3) is 0 Å². The molecule has 63 nitrogen and oxygen atoms in total. The van der Waals surface area contributed by atoms with Crippen molar-refractivity contribution in [2.45, 2.75) is 382 Å². The van der Waals surface area contributed by atoms with Gasteiger partial charge >= 0.3 is 0 Å². The Hall–Kier alpha value is -3.42. The van der Waals surface area contributed by atoms with Gasteiger partial charge in [0, 0.05) is 13.8 Å². The highest BCUT2D eigenvalue weighted by Crippen LogP contribution is 2.43. The molecule has 12 aliphatic heterocycles. The van der Waals surface area contributed by atoms with Gasteiger partial charge in [-0.3, -0.25) is 9.59 Å². The van der Waals surface area contributed by atoms with Crippen molar-refractivity contribution in [2.75, 3.05) is 79.3 Å². The number of nitrogens with one attached hydrogen (secondary N) is 2. The van der Waals surface area contributed by atoms with E-state index in [0.717, 1.165) is 13.8 Å². The van der Waals surface area contributed by atoms with Gasteiger partial charge in [-0.1, -0.05) is 0 Å². The molecule has 0 aliphatic carbocycles. The molecule has 0 saturated carbocycles. The van der Waals surface area contributed by atoms with E-state index in [1.165, 1.54) is 0 Å². The second kappa shape index (κ2) is 49.8. The van der Waals surface area contributed by atoms with Gasteiger partial charge in [0.15, 0.2) is 75.5 Å². The number of amides is 2. The fraction of sp³-hybridized carbons (Fsp3) is 0.974. The zero-order valence-electron chi connectivity index (χ0n) is 73.4. The van der Waals surface area contributed by atoms with Crippen molar-refractivity contribution >= 4 is 11.8 Å². The number of aliphatic hydroxyl groups excluding tert-OH is 36. The molecule has 12 aliphatic rings. The van der Waals surface area contributed by atoms with Crippen LogP contribution in [0.2, 0.25) is 0 Å². The molecule has 0 unspecified atom stereocenters. The molecule has 12 rings (SSSR count). The lowest BCUT2D eigenvalue weighted by molar-refractivity contribution is -0.411. The molecule has 0 aromatic carbocycles. The molecule has 0 aromatic heterocycles. The maximum atomic E-state index is 13.2. The van der Waals surface area contributed by atoms with E-state index in [-0.39, 0.29) is 0 Å². The highest BCUT2D eigenvalue weighted by Gasteiger charge is 2.63. The average molecular weight is 2050 g/mol. The Kier molecular flexibility index (Phi) is 41.0. The van der Waals surface area contributed by atoms with Gasteiger partial charge in [0.05, 0.1) is 79.3 Å². The van der Waals surface area contributed by atoms with Gasteiger partial charge < -0.3 is 303 Å². The van der Waals surface area contributed by atoms with E-state index in [2.05, 4.69) is 10.6 Å². The van der Waals surface area contributed by atoms with Crippen molar-refractivity contribution in [1.29, 1.82) is 0 Å². The Balaban J connectivity index is 0.890. The van der Waals surface area contributed by atoms with E-state index in [4.69, 9.17) is 109 Å². The Morgan fingerprint density at radius 1 is 0.187 bits per heavy atom. The van der Waals surface area contributed by atoms with Crippen molar-refractivity contribution < 1.29 is 302 Å². The maximum absolute atomic E-state index is 13.2. The van der Waals surface area contributed by atoms with Gasteiger partial charge in [-0.05, 0) is 0 Å². The second-order valence-electron chi connectivity index (χ2n) is 35.2. The summed E-state index contributed by atoms with van der Waals surface area (Å²) in [6.07, 6.45) is -129. The van der Waals surface area contributed by atoms with Crippen molar-refractivity contribution in [3.63, 3.8) is 0 Å². The lowest BCUT2D eigenvalue weighted by Crippen LogP contribution is -2.70. The summed E-state index contributed by atoms with van der Waals surface area (Å²) in [6, 6.07) is -3.76. The summed E-state index contributed by atoms with van der Waals surface area (Å²) in [6.45, 7) is -12.3. The minimum absolute atomic E-state index is 0.838. The fourth-order valence-electron chi connectivity index (χ4n) is 18.0. The normalized spacial score (nSPS) is 51.9. The summed E-state index contributed by atoms with van der Waals surface area (Å²) >= 11 is 0. The maximum Gasteiger partial charge on any atom is 0.217 e. The van der Waals surface area contributed by atoms with Crippen molar-refractivity contribution in [3.8, 4) is 0 Å². The van der Waals surface area contributed by atoms with Crippen molar-refractivity contribution in [1.82, 2.24) is 10.6 Å². The number of aliphatic hydroxyl groups is 36. The molecule has 0 bridgehead atoms. The van der Waals surface area contributed by atoms with Crippen LogP contribution >= 0.6 is 0 Å². The van der Waals surface area contributed by atoms with E-state index < -0.39 is 459 Å². The number of rotatable bonds is 36. The van der Waals surface area contributed by atoms with E-state index >= 15 is 0 Å². The molecule has 2 amide bonds. The molecule has 0 spiro atoms. The monoisotopic (exact) mass is 2040 g/mol. The summed E-state index contributed by atoms with van der Waals surface area (Å²) < 4.78 is 135. The van der Waals surface area contributed by atoms with Crippen molar-refractivity contribution in [2.24, 2.45) is 0 Å². The van der Waals surface area contributed by atoms with Crippen LogP contribution < -0.4 is 10.6 Å². The lowest BCUT2D eigenvalue weighted by atomic mass is 9.94. The lowest BCUT2D eigenvalue weighted by Gasteiger charge is -2.51. The van der Waals surface area contributed by atoms with Crippen LogP contribution in [0.4, 0.5) is 0 Å². The Morgan fingerprint density at radius 3 is 0.705 bits per heavy atom. The quantitative estimate of drug-likeness (QED) is 0.0277. The molecule has 12 saturated heterocycles. The van der Waals surface area contributed by atoms with Crippen LogP contribution in [0, 0.1) is 0 Å². The first-order chi connectivity index (χ1) is 65.9. The third-order valence-electron chi connectivity index (χ3n) is 25.9. The highest BCUT2D eigenvalue weighted by molar-refractivity contribution is 5.73. The van der Waals surface area contributed by atoms with Gasteiger partial charge in [0.25, 0.3) is 0 Å². The number of carbonyl (C=O) groups excluding carboxylic acids is 2. The predicted octanol–water partition coefficient (Wildman–Crippen LogP) is -26.9. The van der Waals surface area contributed by atoms with Crippen LogP contribution in [0.1, 0.15) is 13.8 Å². The second-order valence-corrected chi connectivity index (χ2v) is 35.2. The van der Waals surface area contributed by atoms with Crippen LogP contribution in [0.5, 0.6) is 0 Å². The topological polar surface area (TPSA) is 999 Å². The minimum atomic E-state index is -2.74. The molecule has 139 heavy (non-hydrogen) atoms. The van der Waals surface area contributed by atoms with E-state index in [9.17, 15) is 193 Å². The highest BCUT2D eigenvalue weighted by atomic mass is 16.8. The fourth-order valence-corrected chi connectivity index (χ4v) is 18.0. The average Bonchev–Trinajstić information content (AvgIpc) is 0.761. The summed E-state index contributed by atoms with van der Waals surface area (Å²) in [7, 11) is 0. The van der Waals surface area contributed by atoms with E-state index in [1.54, 1.807) is 0 Å². The first kappa shape index (κ1) is 114. The van der Waals surface area contributed by atoms with E-state index in [1.807, 2.05) is 0 Å². The van der Waals surface area contributed by atoms with Crippen LogP contribution in [0.3, 0.4) is 0 Å². The van der Waals surface area contributed by atoms with Gasteiger partial charge in [0.1, 0.15) is 293 Å². The molecule has 12 heterocycles. The zero-order valence-corrected chi connectivity index (χ0v) is 73.4. The molecule has 808 valence electrons. The zero-order chi connectivity index (χ0) is 102. The summed E-state index contributed by atoms with van der Waals surface area (Å²) in [4.78, 5) is 25.5. The SMILES string of the molecule is CC(=O)N[C@@H]1[C@@H](O)[C@H](O[C@@H]2O[C@H](CO)[C@@H](O[C@@H]3O[C@H](CO[C@H]4O[C@H](CO[C@H]5O[C@H](CO)[C@@H](O)[C@H](O[C@H]6O[C@H](CO)[C@@H](O)[C@H](O)[C@@H]6O)[C@@H]5O)[C@@H](O)[C@H](O[C@H]5O[C@H](CO)[C@@H](O)[C@H](O[C@H]6O[C@H](CO)[C@@H](O)[C@H](O)[C@@H]6O)[C@@H]5O)[C@@H]4O)[C@@H](O)[C@H](O[C@H]4O[C@H](CO)[C@@H](O)[C@H](O)[C@@H]4O[C@H]4O[C@H](CO)[C@@H](O)[C@H](O)[C@@H]4O[C@H]4O[C@H](CO)[C@@H](O)[C@H](O[C@H]5O[C@H](CO)[C@@H](O)[C@H](O)[C@H]5O)[C@@H]4O)[C@@H]3O)[C@H](O)[C@H]2NC(C)=O)[C@@H](CO)O[C@H]1O. The first-order valence-corrected chi connectivity index (χ1v) is 44.2. The molecule has 38 N–H and O–H groups in total. The summed E-state index contributed by atoms with van der Waals surface area (Å²) in [5.41, 5.74) is 0. The predicted molar refractivity (Wildman–Crippen MR) is 418 cm³/mol. The van der Waals surface area contributed by atoms with Gasteiger partial charge in [-0.25, -0.2) is 0 Å². The number of carbonyl (C=O) groups is 2. The first-order valence-electron chi connectivity index (χ1n) is 44.2. The number of ether oxygens (including phenoxy) is 23. The largest absolute Gasteiger partial charge is 0.394 e. The van der Waals surface area contributed by atoms with Crippen LogP contribution in [0.15, 0.2) is 0 Å². The van der Waals surface area contributed by atoms with Gasteiger partial charge in [-0.2, -0.15) is 0 Å². The number of hydrogen-bond donors (Lipinski definition) is 38. The summed E-state index contributed by atoms with van der Waals surface area (Å²) in [5.74, 6) is -1.86. The molecule has 0 radical (unpaired) electrons. The van der Waals surface area contributed by atoms with Gasteiger partial charge in [-0.15, -0.1) is 0 Å². The summed E-state index contributed by atoms with van der Waals surface area (Å²) in [5, 5.41) is 408. The van der Waals surface area contributed by atoms with Crippen molar-refractivity contribution in [3.05, 3.63) is 0 Å². The molecule has 0 aromatic rings. The Labute approximate surface area is 784 Å². The molecular formula is C76H128N2O61. The molecule has 12 fully saturated rings. The van der Waals surface area contributed by atoms with Crippen LogP contribution in [-0.2, 0) is 119 Å². The minimum Gasteiger partial charge on any atom is -0.394 e. The molecule has 60 atom stereocenters. The Morgan fingerprint density at radius 2 is 0.388 bits per heavy atom. The molecular weight excluding hydrogens is 1920 g/mol. The third kappa shape index (κ3) is 24.5. The smallest absolute Gasteiger partial charge is 0.217 e. The molecule has 63 heteroatoms. The van der Waals surface area contributed by atoms with Crippen LogP contribution in [-0.4, -0.2) is 643 Å².